The van der Waals surface area contributed by atoms with Crippen molar-refractivity contribution in [3.8, 4) is 33.9 Å². The Labute approximate surface area is 332 Å². The maximum Gasteiger partial charge on any atom is 0.165 e. The van der Waals surface area contributed by atoms with Crippen molar-refractivity contribution in [2.24, 2.45) is 0 Å². The van der Waals surface area contributed by atoms with E-state index in [2.05, 4.69) is 203 Å². The Morgan fingerprint density at radius 3 is 1.64 bits per heavy atom. The van der Waals surface area contributed by atoms with Gasteiger partial charge in [-0.25, -0.2) is 9.97 Å². The van der Waals surface area contributed by atoms with Crippen molar-refractivity contribution in [2.45, 2.75) is 0 Å². The fraction of sp³-hybridized carbons (Fsp3) is 0. The summed E-state index contributed by atoms with van der Waals surface area (Å²) < 4.78 is 4.90. The lowest BCUT2D eigenvalue weighted by atomic mass is 9.92. The maximum absolute atomic E-state index is 5.68. The lowest BCUT2D eigenvalue weighted by molar-refractivity contribution is 1.08. The lowest BCUT2D eigenvalue weighted by Crippen LogP contribution is -2.05. The zero-order valence-corrected chi connectivity index (χ0v) is 31.3. The fourth-order valence-corrected chi connectivity index (χ4v) is 9.83. The van der Waals surface area contributed by atoms with Crippen LogP contribution < -0.4 is 0 Å². The number of benzene rings is 9. The van der Waals surface area contributed by atoms with Gasteiger partial charge in [0.15, 0.2) is 5.82 Å². The van der Waals surface area contributed by atoms with E-state index in [4.69, 9.17) is 9.97 Å². The van der Waals surface area contributed by atoms with Crippen molar-refractivity contribution in [3.05, 3.63) is 194 Å². The molecule has 0 radical (unpaired) electrons. The van der Waals surface area contributed by atoms with Gasteiger partial charge in [-0.1, -0.05) is 158 Å². The van der Waals surface area contributed by atoms with Crippen LogP contribution in [0.1, 0.15) is 0 Å². The molecule has 0 amide bonds. The van der Waals surface area contributed by atoms with Crippen LogP contribution in [0.25, 0.3) is 121 Å². The van der Waals surface area contributed by atoms with Crippen LogP contribution in [-0.2, 0) is 0 Å². The van der Waals surface area contributed by atoms with Gasteiger partial charge in [0, 0.05) is 43.7 Å². The molecule has 3 aromatic heterocycles. The van der Waals surface area contributed by atoms with Crippen molar-refractivity contribution in [2.75, 3.05) is 0 Å². The van der Waals surface area contributed by atoms with Gasteiger partial charge in [-0.05, 0) is 68.9 Å². The van der Waals surface area contributed by atoms with Crippen LogP contribution in [0.5, 0.6) is 0 Å². The molecule has 0 N–H and O–H groups in total. The second-order valence-corrected chi connectivity index (χ2v) is 15.3. The Bertz CT molecular complexity index is 3770. The molecule has 58 heavy (non-hydrogen) atoms. The van der Waals surface area contributed by atoms with E-state index in [9.17, 15) is 0 Å². The largest absolute Gasteiger partial charge is 0.309 e. The first-order valence-electron chi connectivity index (χ1n) is 19.8. The molecule has 0 aliphatic carbocycles. The number of hydrogen-bond acceptors (Lipinski definition) is 2. The lowest BCUT2D eigenvalue weighted by Gasteiger charge is -2.17. The molecule has 0 saturated carbocycles. The Kier molecular flexibility index (Phi) is 6.41. The molecule has 0 spiro atoms. The first-order chi connectivity index (χ1) is 28.8. The van der Waals surface area contributed by atoms with E-state index in [0.717, 1.165) is 66.7 Å². The molecule has 0 unspecified atom stereocenters. The smallest absolute Gasteiger partial charge is 0.165 e. The summed E-state index contributed by atoms with van der Waals surface area (Å²) in [7, 11) is 0. The first kappa shape index (κ1) is 31.4. The molecule has 0 aliphatic heterocycles. The summed E-state index contributed by atoms with van der Waals surface area (Å²) in [5, 5.41) is 12.1. The van der Waals surface area contributed by atoms with Gasteiger partial charge >= 0.3 is 0 Å². The molecule has 0 bridgehead atoms. The Morgan fingerprint density at radius 1 is 0.362 bits per heavy atom. The molecule has 0 fully saturated rings. The highest BCUT2D eigenvalue weighted by molar-refractivity contribution is 6.40. The molecule has 3 heterocycles. The van der Waals surface area contributed by atoms with Crippen molar-refractivity contribution in [1.29, 1.82) is 0 Å². The highest BCUT2D eigenvalue weighted by atomic mass is 15.1. The molecule has 4 heteroatoms. The molecular formula is C54H32N4. The summed E-state index contributed by atoms with van der Waals surface area (Å²) in [5.74, 6) is 0.808. The molecule has 0 saturated heterocycles. The zero-order valence-electron chi connectivity index (χ0n) is 31.3. The van der Waals surface area contributed by atoms with Gasteiger partial charge in [-0.15, -0.1) is 0 Å². The second-order valence-electron chi connectivity index (χ2n) is 15.3. The number of hydrogen-bond donors (Lipinski definition) is 0. The van der Waals surface area contributed by atoms with Gasteiger partial charge in [0.05, 0.1) is 33.1 Å². The Hall–Kier alpha value is -7.82. The third-order valence-corrected chi connectivity index (χ3v) is 12.2. The molecule has 268 valence electrons. The molecule has 13 rings (SSSR count). The Morgan fingerprint density at radius 2 is 0.931 bits per heavy atom. The first-order valence-corrected chi connectivity index (χ1v) is 19.8. The van der Waals surface area contributed by atoms with E-state index in [0.29, 0.717) is 0 Å². The van der Waals surface area contributed by atoms with E-state index in [1.165, 1.54) is 54.1 Å². The van der Waals surface area contributed by atoms with E-state index >= 15 is 0 Å². The van der Waals surface area contributed by atoms with E-state index in [1.807, 2.05) is 0 Å². The van der Waals surface area contributed by atoms with Gasteiger partial charge in [-0.2, -0.15) is 0 Å². The third kappa shape index (κ3) is 4.23. The van der Waals surface area contributed by atoms with Gasteiger partial charge in [0.1, 0.15) is 5.69 Å². The molecule has 0 aliphatic rings. The van der Waals surface area contributed by atoms with Crippen LogP contribution in [-0.4, -0.2) is 19.1 Å². The minimum Gasteiger partial charge on any atom is -0.309 e. The number of nitrogens with zero attached hydrogens (tertiary/aromatic N) is 4. The van der Waals surface area contributed by atoms with Gasteiger partial charge < -0.3 is 4.57 Å². The van der Waals surface area contributed by atoms with Crippen LogP contribution in [0.4, 0.5) is 0 Å². The van der Waals surface area contributed by atoms with Gasteiger partial charge in [0.2, 0.25) is 0 Å². The minimum absolute atomic E-state index is 0.808. The summed E-state index contributed by atoms with van der Waals surface area (Å²) in [4.78, 5) is 11.3. The van der Waals surface area contributed by atoms with Crippen LogP contribution in [0, 0.1) is 0 Å². The molecule has 4 nitrogen and oxygen atoms in total. The number of rotatable bonds is 4. The highest BCUT2D eigenvalue weighted by Gasteiger charge is 2.28. The summed E-state index contributed by atoms with van der Waals surface area (Å²) in [6, 6.07) is 70.0. The van der Waals surface area contributed by atoms with Gasteiger partial charge in [-0.3, -0.25) is 4.57 Å². The van der Waals surface area contributed by atoms with E-state index < -0.39 is 0 Å². The number of fused-ring (bicyclic) bond motifs is 6. The van der Waals surface area contributed by atoms with Crippen molar-refractivity contribution >= 4 is 87.0 Å². The maximum atomic E-state index is 5.68. The molecular weight excluding hydrogens is 705 g/mol. The minimum atomic E-state index is 0.808. The zero-order chi connectivity index (χ0) is 37.9. The normalized spacial score (nSPS) is 12.1. The quantitative estimate of drug-likeness (QED) is 0.169. The van der Waals surface area contributed by atoms with Crippen molar-refractivity contribution < 1.29 is 0 Å². The van der Waals surface area contributed by atoms with Crippen LogP contribution >= 0.6 is 0 Å². The highest BCUT2D eigenvalue weighted by Crippen LogP contribution is 2.51. The summed E-state index contributed by atoms with van der Waals surface area (Å²) in [6.07, 6.45) is 0. The monoisotopic (exact) mass is 736 g/mol. The van der Waals surface area contributed by atoms with Crippen LogP contribution in [0.15, 0.2) is 194 Å². The molecule has 0 atom stereocenters. The number of aromatic nitrogens is 4. The predicted octanol–water partition coefficient (Wildman–Crippen LogP) is 14.1. The number of para-hydroxylation sites is 1. The predicted molar refractivity (Wildman–Crippen MR) is 243 cm³/mol. The Balaban J connectivity index is 1.34. The molecule has 10 aromatic carbocycles. The van der Waals surface area contributed by atoms with E-state index in [-0.39, 0.29) is 0 Å². The fourth-order valence-electron chi connectivity index (χ4n) is 9.83. The van der Waals surface area contributed by atoms with Crippen LogP contribution in [0.3, 0.4) is 0 Å². The summed E-state index contributed by atoms with van der Waals surface area (Å²) >= 11 is 0. The van der Waals surface area contributed by atoms with Crippen LogP contribution in [0.2, 0.25) is 0 Å². The molecule has 13 aromatic rings. The summed E-state index contributed by atoms with van der Waals surface area (Å²) in [5.41, 5.74) is 11.6. The SMILES string of the molecule is c1ccc(-c2nc3c(ccc4ccccc43)nc2-n2c3cccc4c5ccccc5c5cccc6c5c5c(c43)c2c(-c2ccccc2)cc5n6-c2ccccc2)cc1. The standard InChI is InChI=1S/C54H32N4/c1-4-16-33(17-5-1)42-32-46-49-47-40(26-14-28-44(47)57(46)36-21-8-3-9-22-36)38-24-12-13-25-39(38)41-27-15-29-45-48(41)50(49)53(42)58(45)54-51(35-19-6-2-7-20-35)56-52-37-23-11-10-18-34(37)30-31-43(52)55-54/h1-32H. The van der Waals surface area contributed by atoms with Gasteiger partial charge in [0.25, 0.3) is 0 Å². The van der Waals surface area contributed by atoms with E-state index in [1.54, 1.807) is 0 Å². The average molecular weight is 737 g/mol. The topological polar surface area (TPSA) is 35.6 Å². The van der Waals surface area contributed by atoms with Crippen molar-refractivity contribution in [1.82, 2.24) is 19.1 Å². The van der Waals surface area contributed by atoms with Crippen molar-refractivity contribution in [3.63, 3.8) is 0 Å². The average Bonchev–Trinajstić information content (AvgIpc) is 3.82. The summed E-state index contributed by atoms with van der Waals surface area (Å²) in [6.45, 7) is 0. The third-order valence-electron chi connectivity index (χ3n) is 12.2. The second kappa shape index (κ2) is 11.8.